The van der Waals surface area contributed by atoms with Gasteiger partial charge in [-0.05, 0) is 32.6 Å². The molecule has 0 aromatic carbocycles. The number of nitrogens with zero attached hydrogens (tertiary/aromatic N) is 3. The molecular formula is C13H19N3O2. The van der Waals surface area contributed by atoms with Gasteiger partial charge < -0.3 is 10.0 Å². The van der Waals surface area contributed by atoms with Gasteiger partial charge in [0, 0.05) is 6.54 Å². The molecule has 1 aromatic heterocycles. The van der Waals surface area contributed by atoms with Crippen LogP contribution < -0.4 is 4.90 Å². The average molecular weight is 249 g/mol. The molecule has 5 nitrogen and oxygen atoms in total. The van der Waals surface area contributed by atoms with Gasteiger partial charge in [0.1, 0.15) is 11.9 Å². The smallest absolute Gasteiger partial charge is 0.326 e. The molecule has 1 saturated heterocycles. The normalized spacial score (nSPS) is 24.1. The number of anilines is 1. The van der Waals surface area contributed by atoms with E-state index in [9.17, 15) is 9.90 Å². The van der Waals surface area contributed by atoms with E-state index in [1.54, 1.807) is 6.20 Å². The van der Waals surface area contributed by atoms with Crippen LogP contribution in [0.4, 0.5) is 5.82 Å². The van der Waals surface area contributed by atoms with Crippen LogP contribution in [0.25, 0.3) is 0 Å². The molecule has 0 radical (unpaired) electrons. The van der Waals surface area contributed by atoms with Crippen LogP contribution in [0.5, 0.6) is 0 Å². The van der Waals surface area contributed by atoms with Crippen LogP contribution in [-0.4, -0.2) is 33.6 Å². The van der Waals surface area contributed by atoms with Crippen molar-refractivity contribution in [3.8, 4) is 0 Å². The Hall–Kier alpha value is -1.65. The molecule has 18 heavy (non-hydrogen) atoms. The molecule has 98 valence electrons. The molecule has 1 aromatic rings. The zero-order valence-corrected chi connectivity index (χ0v) is 11.1. The SMILES string of the molecule is Cc1ncc(N2CCCC(C)C2C(=O)O)nc1C. The number of carbonyl (C=O) groups is 1. The van der Waals surface area contributed by atoms with E-state index in [-0.39, 0.29) is 5.92 Å². The quantitative estimate of drug-likeness (QED) is 0.865. The second-order valence-electron chi connectivity index (χ2n) is 5.00. The average Bonchev–Trinajstić information content (AvgIpc) is 2.32. The Labute approximate surface area is 107 Å². The van der Waals surface area contributed by atoms with E-state index in [1.165, 1.54) is 0 Å². The van der Waals surface area contributed by atoms with Gasteiger partial charge in [-0.15, -0.1) is 0 Å². The second-order valence-corrected chi connectivity index (χ2v) is 5.00. The van der Waals surface area contributed by atoms with Crippen LogP contribution in [0.2, 0.25) is 0 Å². The van der Waals surface area contributed by atoms with E-state index in [0.29, 0.717) is 5.82 Å². The van der Waals surface area contributed by atoms with Gasteiger partial charge in [0.05, 0.1) is 17.6 Å². The fourth-order valence-corrected chi connectivity index (χ4v) is 2.49. The number of carboxylic acid groups (broad SMARTS) is 1. The van der Waals surface area contributed by atoms with Gasteiger partial charge >= 0.3 is 5.97 Å². The van der Waals surface area contributed by atoms with E-state index in [0.717, 1.165) is 30.8 Å². The van der Waals surface area contributed by atoms with E-state index >= 15 is 0 Å². The predicted octanol–water partition coefficient (Wildman–Crippen LogP) is 1.78. The maximum Gasteiger partial charge on any atom is 0.326 e. The van der Waals surface area contributed by atoms with Crippen LogP contribution in [0.15, 0.2) is 6.20 Å². The first-order valence-electron chi connectivity index (χ1n) is 6.30. The fourth-order valence-electron chi connectivity index (χ4n) is 2.49. The summed E-state index contributed by atoms with van der Waals surface area (Å²) in [4.78, 5) is 22.0. The van der Waals surface area contributed by atoms with Gasteiger partial charge in [-0.3, -0.25) is 4.98 Å². The number of aromatic nitrogens is 2. The summed E-state index contributed by atoms with van der Waals surface area (Å²) < 4.78 is 0. The largest absolute Gasteiger partial charge is 0.480 e. The third kappa shape index (κ3) is 2.30. The third-order valence-electron chi connectivity index (χ3n) is 3.66. The first-order valence-corrected chi connectivity index (χ1v) is 6.30. The van der Waals surface area contributed by atoms with Crippen LogP contribution in [0.3, 0.4) is 0 Å². The van der Waals surface area contributed by atoms with Crippen LogP contribution in [0.1, 0.15) is 31.2 Å². The molecule has 0 aliphatic carbocycles. The number of carboxylic acids is 1. The van der Waals surface area contributed by atoms with Gasteiger partial charge in [0.2, 0.25) is 0 Å². The van der Waals surface area contributed by atoms with Crippen molar-refractivity contribution in [2.75, 3.05) is 11.4 Å². The molecule has 1 aliphatic rings. The minimum atomic E-state index is -0.776. The standard InChI is InChI=1S/C13H19N3O2/c1-8-5-4-6-16(12(8)13(17)18)11-7-14-9(2)10(3)15-11/h7-8,12H,4-6H2,1-3H3,(H,17,18). The minimum absolute atomic E-state index is 0.139. The summed E-state index contributed by atoms with van der Waals surface area (Å²) in [6, 6.07) is -0.491. The van der Waals surface area contributed by atoms with Gasteiger partial charge in [-0.1, -0.05) is 6.92 Å². The summed E-state index contributed by atoms with van der Waals surface area (Å²) in [5, 5.41) is 9.37. The number of piperidine rings is 1. The lowest BCUT2D eigenvalue weighted by Crippen LogP contribution is -2.49. The molecule has 2 atom stereocenters. The molecule has 2 unspecified atom stereocenters. The van der Waals surface area contributed by atoms with E-state index in [4.69, 9.17) is 0 Å². The maximum atomic E-state index is 11.4. The van der Waals surface area contributed by atoms with Crippen molar-refractivity contribution in [2.45, 2.75) is 39.7 Å². The fraction of sp³-hybridized carbons (Fsp3) is 0.615. The first-order chi connectivity index (χ1) is 8.50. The molecule has 0 bridgehead atoms. The second kappa shape index (κ2) is 4.92. The van der Waals surface area contributed by atoms with Crippen molar-refractivity contribution in [3.05, 3.63) is 17.6 Å². The molecule has 0 amide bonds. The topological polar surface area (TPSA) is 66.3 Å². The predicted molar refractivity (Wildman–Crippen MR) is 68.7 cm³/mol. The van der Waals surface area contributed by atoms with E-state index in [2.05, 4.69) is 9.97 Å². The lowest BCUT2D eigenvalue weighted by molar-refractivity contribution is -0.140. The Morgan fingerprint density at radius 3 is 2.78 bits per heavy atom. The van der Waals surface area contributed by atoms with Crippen molar-refractivity contribution < 1.29 is 9.90 Å². The van der Waals surface area contributed by atoms with Crippen LogP contribution in [-0.2, 0) is 4.79 Å². The highest BCUT2D eigenvalue weighted by Crippen LogP contribution is 2.27. The Morgan fingerprint density at radius 1 is 1.44 bits per heavy atom. The Balaban J connectivity index is 2.34. The molecule has 1 fully saturated rings. The monoisotopic (exact) mass is 249 g/mol. The van der Waals surface area contributed by atoms with Crippen molar-refractivity contribution in [3.63, 3.8) is 0 Å². The summed E-state index contributed by atoms with van der Waals surface area (Å²) in [5.41, 5.74) is 1.74. The van der Waals surface area contributed by atoms with Crippen molar-refractivity contribution in [1.82, 2.24) is 9.97 Å². The lowest BCUT2D eigenvalue weighted by atomic mass is 9.91. The van der Waals surface area contributed by atoms with Gasteiger partial charge in [-0.25, -0.2) is 9.78 Å². The molecule has 0 saturated carbocycles. The van der Waals surface area contributed by atoms with Crippen molar-refractivity contribution in [2.24, 2.45) is 5.92 Å². The van der Waals surface area contributed by atoms with Crippen molar-refractivity contribution in [1.29, 1.82) is 0 Å². The summed E-state index contributed by atoms with van der Waals surface area (Å²) in [7, 11) is 0. The zero-order valence-electron chi connectivity index (χ0n) is 11.1. The highest BCUT2D eigenvalue weighted by Gasteiger charge is 2.35. The highest BCUT2D eigenvalue weighted by atomic mass is 16.4. The minimum Gasteiger partial charge on any atom is -0.480 e. The summed E-state index contributed by atoms with van der Waals surface area (Å²) >= 11 is 0. The number of rotatable bonds is 2. The Bertz CT molecular complexity index is 462. The molecule has 2 heterocycles. The molecule has 2 rings (SSSR count). The van der Waals surface area contributed by atoms with Crippen LogP contribution >= 0.6 is 0 Å². The summed E-state index contributed by atoms with van der Waals surface area (Å²) in [6.07, 6.45) is 3.63. The molecule has 1 N–H and O–H groups in total. The van der Waals surface area contributed by atoms with E-state index < -0.39 is 12.0 Å². The zero-order chi connectivity index (χ0) is 13.3. The number of hydrogen-bond acceptors (Lipinski definition) is 4. The molecule has 0 spiro atoms. The summed E-state index contributed by atoms with van der Waals surface area (Å²) in [5.74, 6) is 0.0407. The first kappa shape index (κ1) is 12.8. The van der Waals surface area contributed by atoms with E-state index in [1.807, 2.05) is 25.7 Å². The van der Waals surface area contributed by atoms with Gasteiger partial charge in [0.15, 0.2) is 0 Å². The van der Waals surface area contributed by atoms with Crippen LogP contribution in [0, 0.1) is 19.8 Å². The third-order valence-corrected chi connectivity index (χ3v) is 3.66. The molecular weight excluding hydrogens is 230 g/mol. The number of aryl methyl sites for hydroxylation is 2. The maximum absolute atomic E-state index is 11.4. The summed E-state index contributed by atoms with van der Waals surface area (Å²) in [6.45, 7) is 6.52. The lowest BCUT2D eigenvalue weighted by Gasteiger charge is -2.38. The Morgan fingerprint density at radius 2 is 2.17 bits per heavy atom. The van der Waals surface area contributed by atoms with Gasteiger partial charge in [0.25, 0.3) is 0 Å². The Kier molecular flexibility index (Phi) is 3.50. The highest BCUT2D eigenvalue weighted by molar-refractivity contribution is 5.78. The molecule has 5 heteroatoms. The van der Waals surface area contributed by atoms with Crippen molar-refractivity contribution >= 4 is 11.8 Å². The number of aliphatic carboxylic acids is 1. The molecule has 1 aliphatic heterocycles. The number of hydrogen-bond donors (Lipinski definition) is 1. The van der Waals surface area contributed by atoms with Gasteiger partial charge in [-0.2, -0.15) is 0 Å².